The molecule has 2 saturated heterocycles. The maximum Gasteiger partial charge on any atom is 0.522 e. The molecule has 2 aliphatic heterocycles. The third-order valence-electron chi connectivity index (χ3n) is 3.44. The predicted octanol–water partition coefficient (Wildman–Crippen LogP) is 2.76. The second kappa shape index (κ2) is 4.70. The van der Waals surface area contributed by atoms with E-state index in [1.807, 2.05) is 0 Å². The van der Waals surface area contributed by atoms with Gasteiger partial charge in [-0.1, -0.05) is 0 Å². The molecular weight excluding hydrogens is 243 g/mol. The van der Waals surface area contributed by atoms with Crippen molar-refractivity contribution in [3.8, 4) is 0 Å². The minimum absolute atomic E-state index is 0.192. The fourth-order valence-corrected chi connectivity index (χ4v) is 3.25. The molecule has 16 heavy (non-hydrogen) atoms. The summed E-state index contributed by atoms with van der Waals surface area (Å²) in [6.07, 6.45) is -0.613. The quantitative estimate of drug-likeness (QED) is 0.721. The summed E-state index contributed by atoms with van der Waals surface area (Å²) in [6, 6.07) is 0.719. The first-order valence-corrected chi connectivity index (χ1v) is 6.00. The molecule has 0 N–H and O–H groups in total. The molecule has 2 unspecified atom stereocenters. The van der Waals surface area contributed by atoms with Gasteiger partial charge in [0.1, 0.15) is 0 Å². The standard InChI is InChI=1S/C10H15ClF3NO/c11-7-5-8-1-2-9(6-7)15(8)3-4-16-10(12,13)14/h7-9H,1-6H2. The van der Waals surface area contributed by atoms with Gasteiger partial charge in [0, 0.05) is 24.0 Å². The highest BCUT2D eigenvalue weighted by molar-refractivity contribution is 6.20. The number of hydrogen-bond donors (Lipinski definition) is 0. The van der Waals surface area contributed by atoms with E-state index in [0.29, 0.717) is 18.6 Å². The first-order chi connectivity index (χ1) is 7.46. The molecule has 2 aliphatic rings. The largest absolute Gasteiger partial charge is 0.522 e. The van der Waals surface area contributed by atoms with Gasteiger partial charge in [0.05, 0.1) is 6.61 Å². The molecule has 2 heterocycles. The molecule has 2 atom stereocenters. The number of ether oxygens (including phenoxy) is 1. The van der Waals surface area contributed by atoms with Gasteiger partial charge in [-0.2, -0.15) is 0 Å². The molecule has 0 aromatic heterocycles. The molecule has 0 aromatic carbocycles. The highest BCUT2D eigenvalue weighted by Gasteiger charge is 2.40. The van der Waals surface area contributed by atoms with Crippen LogP contribution in [0.2, 0.25) is 0 Å². The van der Waals surface area contributed by atoms with Crippen LogP contribution in [0.3, 0.4) is 0 Å². The summed E-state index contributed by atoms with van der Waals surface area (Å²) in [5.41, 5.74) is 0. The molecule has 2 bridgehead atoms. The normalized spacial score (nSPS) is 35.6. The second-order valence-electron chi connectivity index (χ2n) is 4.49. The summed E-state index contributed by atoms with van der Waals surface area (Å²) in [6.45, 7) is 0.0852. The van der Waals surface area contributed by atoms with E-state index in [9.17, 15) is 13.2 Å². The lowest BCUT2D eigenvalue weighted by Gasteiger charge is -2.36. The van der Waals surface area contributed by atoms with E-state index in [1.165, 1.54) is 0 Å². The van der Waals surface area contributed by atoms with Gasteiger partial charge in [-0.15, -0.1) is 24.8 Å². The molecule has 0 aromatic rings. The lowest BCUT2D eigenvalue weighted by Crippen LogP contribution is -2.45. The number of halogens is 4. The fraction of sp³-hybridized carbons (Fsp3) is 1.00. The van der Waals surface area contributed by atoms with E-state index < -0.39 is 6.36 Å². The van der Waals surface area contributed by atoms with Crippen LogP contribution in [0.4, 0.5) is 13.2 Å². The van der Waals surface area contributed by atoms with Crippen LogP contribution < -0.4 is 0 Å². The summed E-state index contributed by atoms with van der Waals surface area (Å²) in [7, 11) is 0. The molecule has 94 valence electrons. The Labute approximate surface area is 97.7 Å². The van der Waals surface area contributed by atoms with E-state index in [1.54, 1.807) is 0 Å². The summed E-state index contributed by atoms with van der Waals surface area (Å²) >= 11 is 6.08. The topological polar surface area (TPSA) is 12.5 Å². The van der Waals surface area contributed by atoms with Crippen LogP contribution in [0.1, 0.15) is 25.7 Å². The van der Waals surface area contributed by atoms with E-state index in [4.69, 9.17) is 11.6 Å². The molecule has 0 aliphatic carbocycles. The third kappa shape index (κ3) is 3.02. The van der Waals surface area contributed by atoms with Gasteiger partial charge in [-0.25, -0.2) is 0 Å². The first kappa shape index (κ1) is 12.5. The van der Waals surface area contributed by atoms with Crippen molar-refractivity contribution in [1.29, 1.82) is 0 Å². The van der Waals surface area contributed by atoms with Crippen molar-refractivity contribution in [3.05, 3.63) is 0 Å². The average molecular weight is 258 g/mol. The van der Waals surface area contributed by atoms with Crippen LogP contribution in [-0.4, -0.2) is 41.9 Å². The summed E-state index contributed by atoms with van der Waals surface area (Å²) in [4.78, 5) is 2.13. The van der Waals surface area contributed by atoms with Crippen molar-refractivity contribution in [2.45, 2.75) is 49.5 Å². The van der Waals surface area contributed by atoms with Gasteiger partial charge >= 0.3 is 6.36 Å². The van der Waals surface area contributed by atoms with Crippen molar-refractivity contribution in [1.82, 2.24) is 4.90 Å². The van der Waals surface area contributed by atoms with Crippen LogP contribution in [-0.2, 0) is 4.74 Å². The molecule has 2 rings (SSSR count). The Hall–Kier alpha value is 0. The molecule has 2 nitrogen and oxygen atoms in total. The molecular formula is C10H15ClF3NO. The van der Waals surface area contributed by atoms with E-state index in [-0.39, 0.29) is 12.0 Å². The van der Waals surface area contributed by atoms with Crippen molar-refractivity contribution in [2.75, 3.05) is 13.2 Å². The van der Waals surface area contributed by atoms with Crippen LogP contribution in [0.15, 0.2) is 0 Å². The Bertz CT molecular complexity index is 235. The number of hydrogen-bond acceptors (Lipinski definition) is 2. The molecule has 0 amide bonds. The number of nitrogens with zero attached hydrogens (tertiary/aromatic N) is 1. The molecule has 6 heteroatoms. The van der Waals surface area contributed by atoms with E-state index in [2.05, 4.69) is 9.64 Å². The molecule has 0 saturated carbocycles. The highest BCUT2D eigenvalue weighted by Crippen LogP contribution is 2.37. The van der Waals surface area contributed by atoms with Gasteiger partial charge in [0.25, 0.3) is 0 Å². The Balaban J connectivity index is 1.79. The van der Waals surface area contributed by atoms with Gasteiger partial charge < -0.3 is 0 Å². The fourth-order valence-electron chi connectivity index (χ4n) is 2.84. The Morgan fingerprint density at radius 2 is 1.75 bits per heavy atom. The van der Waals surface area contributed by atoms with E-state index >= 15 is 0 Å². The van der Waals surface area contributed by atoms with Crippen LogP contribution in [0.25, 0.3) is 0 Å². The molecule has 2 fully saturated rings. The maximum absolute atomic E-state index is 11.8. The van der Waals surface area contributed by atoms with Crippen LogP contribution in [0.5, 0.6) is 0 Å². The number of alkyl halides is 4. The highest BCUT2D eigenvalue weighted by atomic mass is 35.5. The summed E-state index contributed by atoms with van der Waals surface area (Å²) in [5.74, 6) is 0. The number of piperidine rings is 1. The smallest absolute Gasteiger partial charge is 0.295 e. The monoisotopic (exact) mass is 257 g/mol. The summed E-state index contributed by atoms with van der Waals surface area (Å²) in [5, 5.41) is 0.192. The van der Waals surface area contributed by atoms with Gasteiger partial charge in [0.2, 0.25) is 0 Å². The van der Waals surface area contributed by atoms with Gasteiger partial charge in [-0.05, 0) is 25.7 Å². The van der Waals surface area contributed by atoms with E-state index in [0.717, 1.165) is 25.7 Å². The average Bonchev–Trinajstić information content (AvgIpc) is 2.41. The molecule has 0 radical (unpaired) electrons. The SMILES string of the molecule is FC(F)(F)OCCN1C2CCC1CC(Cl)C2. The predicted molar refractivity (Wildman–Crippen MR) is 54.4 cm³/mol. The Morgan fingerprint density at radius 3 is 2.25 bits per heavy atom. The zero-order valence-electron chi connectivity index (χ0n) is 8.84. The van der Waals surface area contributed by atoms with Crippen LogP contribution in [0, 0.1) is 0 Å². The summed E-state index contributed by atoms with van der Waals surface area (Å²) < 4.78 is 39.3. The minimum Gasteiger partial charge on any atom is -0.295 e. The molecule has 0 spiro atoms. The third-order valence-corrected chi connectivity index (χ3v) is 3.80. The maximum atomic E-state index is 11.8. The Kier molecular flexibility index (Phi) is 3.66. The Morgan fingerprint density at radius 1 is 1.19 bits per heavy atom. The number of fused-ring (bicyclic) bond motifs is 2. The van der Waals surface area contributed by atoms with Crippen LogP contribution >= 0.6 is 11.6 Å². The van der Waals surface area contributed by atoms with Crippen molar-refractivity contribution in [2.24, 2.45) is 0 Å². The van der Waals surface area contributed by atoms with Gasteiger partial charge in [0.15, 0.2) is 0 Å². The van der Waals surface area contributed by atoms with Gasteiger partial charge in [-0.3, -0.25) is 9.64 Å². The zero-order valence-corrected chi connectivity index (χ0v) is 9.60. The minimum atomic E-state index is -4.51. The second-order valence-corrected chi connectivity index (χ2v) is 5.10. The number of rotatable bonds is 3. The first-order valence-electron chi connectivity index (χ1n) is 5.56. The van der Waals surface area contributed by atoms with Crippen molar-refractivity contribution < 1.29 is 17.9 Å². The lowest BCUT2D eigenvalue weighted by atomic mass is 10.0. The van der Waals surface area contributed by atoms with Crippen molar-refractivity contribution in [3.63, 3.8) is 0 Å². The van der Waals surface area contributed by atoms with Crippen molar-refractivity contribution >= 4 is 11.6 Å². The lowest BCUT2D eigenvalue weighted by molar-refractivity contribution is -0.325. The zero-order chi connectivity index (χ0) is 11.8.